The molecule has 0 heterocycles. The van der Waals surface area contributed by atoms with E-state index in [1.54, 1.807) is 7.11 Å². The van der Waals surface area contributed by atoms with Gasteiger partial charge in [0.25, 0.3) is 0 Å². The molecular formula is C15H25NO2. The minimum atomic E-state index is 0.284. The summed E-state index contributed by atoms with van der Waals surface area (Å²) in [6, 6.07) is 8.47. The summed E-state index contributed by atoms with van der Waals surface area (Å²) in [6.45, 7) is 4.97. The molecule has 3 heteroatoms. The first-order valence-corrected chi connectivity index (χ1v) is 6.68. The molecule has 0 amide bonds. The fourth-order valence-electron chi connectivity index (χ4n) is 1.97. The molecular weight excluding hydrogens is 226 g/mol. The van der Waals surface area contributed by atoms with Crippen LogP contribution in [0, 0.1) is 5.92 Å². The summed E-state index contributed by atoms with van der Waals surface area (Å²) in [6.07, 6.45) is 2.00. The van der Waals surface area contributed by atoms with E-state index >= 15 is 0 Å². The summed E-state index contributed by atoms with van der Waals surface area (Å²) in [7, 11) is 1.71. The van der Waals surface area contributed by atoms with Crippen molar-refractivity contribution in [1.82, 2.24) is 5.32 Å². The monoisotopic (exact) mass is 251 g/mol. The van der Waals surface area contributed by atoms with Crippen molar-refractivity contribution < 1.29 is 9.84 Å². The Morgan fingerprint density at radius 3 is 2.44 bits per heavy atom. The van der Waals surface area contributed by atoms with Crippen molar-refractivity contribution in [1.29, 1.82) is 0 Å². The van der Waals surface area contributed by atoms with Gasteiger partial charge in [0.05, 0.1) is 6.61 Å². The number of aliphatic hydroxyl groups is 1. The largest absolute Gasteiger partial charge is 0.396 e. The van der Waals surface area contributed by atoms with Crippen LogP contribution >= 0.6 is 0 Å². The summed E-state index contributed by atoms with van der Waals surface area (Å²) in [4.78, 5) is 0. The zero-order valence-corrected chi connectivity index (χ0v) is 11.5. The maximum Gasteiger partial charge on any atom is 0.0713 e. The molecule has 1 rings (SSSR count). The number of hydrogen-bond donors (Lipinski definition) is 2. The van der Waals surface area contributed by atoms with Gasteiger partial charge in [-0.05, 0) is 30.0 Å². The lowest BCUT2D eigenvalue weighted by Gasteiger charge is -2.14. The standard InChI is InChI=1S/C15H25NO2/c1-3-13(8-9-17)10-16-11-14-4-6-15(7-5-14)12-18-2/h4-7,13,16-17H,3,8-12H2,1-2H3. The van der Waals surface area contributed by atoms with Gasteiger partial charge >= 0.3 is 0 Å². The molecule has 0 fully saturated rings. The third-order valence-electron chi connectivity index (χ3n) is 3.21. The molecule has 0 aromatic heterocycles. The molecule has 0 aliphatic rings. The first kappa shape index (κ1) is 15.2. The lowest BCUT2D eigenvalue weighted by Crippen LogP contribution is -2.22. The molecule has 0 saturated heterocycles. The van der Waals surface area contributed by atoms with E-state index in [4.69, 9.17) is 9.84 Å². The highest BCUT2D eigenvalue weighted by molar-refractivity contribution is 5.21. The quantitative estimate of drug-likeness (QED) is 0.708. The topological polar surface area (TPSA) is 41.5 Å². The molecule has 102 valence electrons. The minimum absolute atomic E-state index is 0.284. The summed E-state index contributed by atoms with van der Waals surface area (Å²) in [5.41, 5.74) is 2.49. The van der Waals surface area contributed by atoms with Crippen molar-refractivity contribution >= 4 is 0 Å². The maximum absolute atomic E-state index is 8.93. The average molecular weight is 251 g/mol. The van der Waals surface area contributed by atoms with Crippen LogP contribution < -0.4 is 5.32 Å². The highest BCUT2D eigenvalue weighted by Crippen LogP contribution is 2.08. The predicted molar refractivity (Wildman–Crippen MR) is 74.3 cm³/mol. The Labute approximate surface area is 110 Å². The predicted octanol–water partition coefficient (Wildman–Crippen LogP) is 2.33. The molecule has 0 spiro atoms. The zero-order valence-electron chi connectivity index (χ0n) is 11.5. The summed E-state index contributed by atoms with van der Waals surface area (Å²) in [5.74, 6) is 0.572. The molecule has 0 saturated carbocycles. The smallest absolute Gasteiger partial charge is 0.0713 e. The van der Waals surface area contributed by atoms with Crippen molar-refractivity contribution in [3.8, 4) is 0 Å². The molecule has 2 N–H and O–H groups in total. The van der Waals surface area contributed by atoms with Gasteiger partial charge in [0, 0.05) is 20.3 Å². The molecule has 0 aliphatic heterocycles. The fraction of sp³-hybridized carbons (Fsp3) is 0.600. The van der Waals surface area contributed by atoms with E-state index in [1.807, 2.05) is 0 Å². The SMILES string of the molecule is CCC(CCO)CNCc1ccc(COC)cc1. The molecule has 0 aliphatic carbocycles. The van der Waals surface area contributed by atoms with Gasteiger partial charge in [0.2, 0.25) is 0 Å². The maximum atomic E-state index is 8.93. The molecule has 1 atom stereocenters. The number of aliphatic hydroxyl groups excluding tert-OH is 1. The summed E-state index contributed by atoms with van der Waals surface area (Å²) in [5, 5.41) is 12.4. The average Bonchev–Trinajstić information content (AvgIpc) is 2.40. The molecule has 1 aromatic rings. The Morgan fingerprint density at radius 2 is 1.89 bits per heavy atom. The molecule has 0 bridgehead atoms. The second-order valence-corrected chi connectivity index (χ2v) is 4.67. The van der Waals surface area contributed by atoms with Crippen molar-refractivity contribution in [2.45, 2.75) is 32.9 Å². The number of rotatable bonds is 9. The van der Waals surface area contributed by atoms with Crippen LogP contribution in [0.25, 0.3) is 0 Å². The highest BCUT2D eigenvalue weighted by Gasteiger charge is 2.04. The Bertz CT molecular complexity index is 311. The summed E-state index contributed by atoms with van der Waals surface area (Å²) < 4.78 is 5.08. The molecule has 0 radical (unpaired) electrons. The number of hydrogen-bond acceptors (Lipinski definition) is 3. The Hall–Kier alpha value is -0.900. The van der Waals surface area contributed by atoms with Gasteiger partial charge in [-0.25, -0.2) is 0 Å². The van der Waals surface area contributed by atoms with Crippen LogP contribution in [0.2, 0.25) is 0 Å². The van der Waals surface area contributed by atoms with E-state index in [2.05, 4.69) is 36.5 Å². The first-order chi connectivity index (χ1) is 8.80. The van der Waals surface area contributed by atoms with Gasteiger partial charge in [0.1, 0.15) is 0 Å². The van der Waals surface area contributed by atoms with Crippen LogP contribution in [-0.4, -0.2) is 25.4 Å². The molecule has 1 unspecified atom stereocenters. The Morgan fingerprint density at radius 1 is 1.22 bits per heavy atom. The first-order valence-electron chi connectivity index (χ1n) is 6.68. The van der Waals surface area contributed by atoms with Crippen LogP contribution in [0.15, 0.2) is 24.3 Å². The van der Waals surface area contributed by atoms with E-state index < -0.39 is 0 Å². The van der Waals surface area contributed by atoms with Gasteiger partial charge in [-0.2, -0.15) is 0 Å². The van der Waals surface area contributed by atoms with E-state index in [0.717, 1.165) is 25.9 Å². The lowest BCUT2D eigenvalue weighted by atomic mass is 10.0. The van der Waals surface area contributed by atoms with Crippen LogP contribution in [0.5, 0.6) is 0 Å². The second-order valence-electron chi connectivity index (χ2n) is 4.67. The van der Waals surface area contributed by atoms with Crippen LogP contribution in [0.3, 0.4) is 0 Å². The zero-order chi connectivity index (χ0) is 13.2. The molecule has 1 aromatic carbocycles. The van der Waals surface area contributed by atoms with Gasteiger partial charge in [-0.15, -0.1) is 0 Å². The molecule has 18 heavy (non-hydrogen) atoms. The van der Waals surface area contributed by atoms with Crippen LogP contribution in [0.1, 0.15) is 30.9 Å². The lowest BCUT2D eigenvalue weighted by molar-refractivity contribution is 0.185. The fourth-order valence-corrected chi connectivity index (χ4v) is 1.97. The van der Waals surface area contributed by atoms with Gasteiger partial charge in [-0.1, -0.05) is 37.6 Å². The molecule has 3 nitrogen and oxygen atoms in total. The van der Waals surface area contributed by atoms with Crippen molar-refractivity contribution in [2.24, 2.45) is 5.92 Å². The second kappa shape index (κ2) is 9.09. The Balaban J connectivity index is 2.30. The van der Waals surface area contributed by atoms with E-state index in [9.17, 15) is 0 Å². The van der Waals surface area contributed by atoms with Gasteiger partial charge in [0.15, 0.2) is 0 Å². The third kappa shape index (κ3) is 5.63. The number of benzene rings is 1. The van der Waals surface area contributed by atoms with E-state index in [1.165, 1.54) is 11.1 Å². The van der Waals surface area contributed by atoms with Crippen LogP contribution in [0.4, 0.5) is 0 Å². The highest BCUT2D eigenvalue weighted by atomic mass is 16.5. The van der Waals surface area contributed by atoms with Crippen LogP contribution in [-0.2, 0) is 17.9 Å². The van der Waals surface area contributed by atoms with Crippen molar-refractivity contribution in [2.75, 3.05) is 20.3 Å². The number of nitrogens with one attached hydrogen (secondary N) is 1. The third-order valence-corrected chi connectivity index (χ3v) is 3.21. The summed E-state index contributed by atoms with van der Waals surface area (Å²) >= 11 is 0. The minimum Gasteiger partial charge on any atom is -0.396 e. The van der Waals surface area contributed by atoms with Gasteiger partial charge < -0.3 is 15.2 Å². The van der Waals surface area contributed by atoms with E-state index in [0.29, 0.717) is 12.5 Å². The number of methoxy groups -OCH3 is 1. The normalized spacial score (nSPS) is 12.6. The Kier molecular flexibility index (Phi) is 7.65. The van der Waals surface area contributed by atoms with E-state index in [-0.39, 0.29) is 6.61 Å². The van der Waals surface area contributed by atoms with Crippen molar-refractivity contribution in [3.05, 3.63) is 35.4 Å². The van der Waals surface area contributed by atoms with Crippen molar-refractivity contribution in [3.63, 3.8) is 0 Å². The number of ether oxygens (including phenoxy) is 1. The van der Waals surface area contributed by atoms with Gasteiger partial charge in [-0.3, -0.25) is 0 Å².